The largest absolute Gasteiger partial charge is 0.0826 e. The maximum atomic E-state index is 2.68. The molecule has 0 aromatic rings. The Bertz CT molecular complexity index is 128. The van der Waals surface area contributed by atoms with Gasteiger partial charge in [0.1, 0.15) is 0 Å². The molecule has 96 valence electrons. The third-order valence-corrected chi connectivity index (χ3v) is 5.03. The summed E-state index contributed by atoms with van der Waals surface area (Å²) in [5.74, 6) is 0. The molecular weight excluding hydrogens is 307 g/mol. The number of hydrogen-bond acceptors (Lipinski definition) is 0. The highest BCUT2D eigenvalue weighted by Crippen LogP contribution is 2.20. The third kappa shape index (κ3) is 8.83. The fraction of sp³-hybridized carbons (Fsp3) is 1.00. The molecule has 0 aliphatic heterocycles. The average Bonchev–Trinajstić information content (AvgIpc) is 2.29. The van der Waals surface area contributed by atoms with Gasteiger partial charge < -0.3 is 0 Å². The van der Waals surface area contributed by atoms with Crippen molar-refractivity contribution in [1.82, 2.24) is 0 Å². The van der Waals surface area contributed by atoms with E-state index in [9.17, 15) is 0 Å². The van der Waals surface area contributed by atoms with Crippen molar-refractivity contribution in [2.75, 3.05) is 0 Å². The van der Waals surface area contributed by atoms with Crippen LogP contribution in [0.25, 0.3) is 0 Å². The highest BCUT2D eigenvalue weighted by atomic mass is 127. The summed E-state index contributed by atoms with van der Waals surface area (Å²) in [7, 11) is 0. The van der Waals surface area contributed by atoms with Crippen LogP contribution in [0.3, 0.4) is 0 Å². The molecule has 1 heteroatoms. The van der Waals surface area contributed by atoms with Crippen molar-refractivity contribution in [3.63, 3.8) is 0 Å². The molecule has 0 aromatic heterocycles. The van der Waals surface area contributed by atoms with Gasteiger partial charge in [0, 0.05) is 3.92 Å². The van der Waals surface area contributed by atoms with Crippen LogP contribution in [-0.2, 0) is 0 Å². The molecule has 0 atom stereocenters. The summed E-state index contributed by atoms with van der Waals surface area (Å²) in [6.07, 6.45) is 20.8. The van der Waals surface area contributed by atoms with E-state index in [0.29, 0.717) is 0 Å². The molecule has 0 heterocycles. The zero-order valence-electron chi connectivity index (χ0n) is 10.9. The molecule has 16 heavy (non-hydrogen) atoms. The fourth-order valence-electron chi connectivity index (χ4n) is 2.64. The van der Waals surface area contributed by atoms with E-state index in [1.807, 2.05) is 0 Å². The fourth-order valence-corrected chi connectivity index (χ4v) is 3.52. The van der Waals surface area contributed by atoms with Crippen molar-refractivity contribution >= 4 is 22.6 Å². The average molecular weight is 336 g/mol. The summed E-state index contributed by atoms with van der Waals surface area (Å²) in [6, 6.07) is 0. The Morgan fingerprint density at radius 1 is 0.438 bits per heavy atom. The van der Waals surface area contributed by atoms with E-state index < -0.39 is 0 Å². The standard InChI is InChI=1S/C15H29I/c16-15-13-11-9-7-5-3-1-2-4-6-8-10-12-14-15/h15H,1-14H2. The molecule has 1 saturated carbocycles. The van der Waals surface area contributed by atoms with Gasteiger partial charge in [-0.05, 0) is 12.8 Å². The van der Waals surface area contributed by atoms with E-state index in [1.54, 1.807) is 0 Å². The maximum absolute atomic E-state index is 2.68. The lowest BCUT2D eigenvalue weighted by Crippen LogP contribution is -1.97. The number of alkyl halides is 1. The Hall–Kier alpha value is 0.730. The second-order valence-electron chi connectivity index (χ2n) is 5.42. The molecule has 0 unspecified atom stereocenters. The van der Waals surface area contributed by atoms with E-state index in [-0.39, 0.29) is 0 Å². The topological polar surface area (TPSA) is 0 Å². The van der Waals surface area contributed by atoms with E-state index in [4.69, 9.17) is 0 Å². The molecule has 0 radical (unpaired) electrons. The van der Waals surface area contributed by atoms with Crippen LogP contribution in [-0.4, -0.2) is 3.92 Å². The first-order chi connectivity index (χ1) is 7.89. The molecule has 0 N–H and O–H groups in total. The molecule has 1 aliphatic rings. The molecule has 1 rings (SSSR count). The highest BCUT2D eigenvalue weighted by molar-refractivity contribution is 14.1. The van der Waals surface area contributed by atoms with Crippen molar-refractivity contribution in [2.24, 2.45) is 0 Å². The van der Waals surface area contributed by atoms with E-state index in [1.165, 1.54) is 89.9 Å². The zero-order valence-corrected chi connectivity index (χ0v) is 13.0. The lowest BCUT2D eigenvalue weighted by molar-refractivity contribution is 0.548. The van der Waals surface area contributed by atoms with E-state index in [2.05, 4.69) is 22.6 Å². The molecule has 0 spiro atoms. The van der Waals surface area contributed by atoms with Crippen LogP contribution in [0.1, 0.15) is 89.9 Å². The SMILES string of the molecule is IC1CCCCCCCCCCCCCC1. The minimum atomic E-state index is 0.961. The lowest BCUT2D eigenvalue weighted by atomic mass is 10.1. The van der Waals surface area contributed by atoms with Gasteiger partial charge in [-0.1, -0.05) is 99.6 Å². The predicted octanol–water partition coefficient (Wildman–Crippen LogP) is 6.27. The van der Waals surface area contributed by atoms with Crippen LogP contribution in [0.2, 0.25) is 0 Å². The monoisotopic (exact) mass is 336 g/mol. The van der Waals surface area contributed by atoms with Crippen LogP contribution in [0, 0.1) is 0 Å². The Balaban J connectivity index is 2.10. The Labute approximate surface area is 116 Å². The molecule has 0 bridgehead atoms. The van der Waals surface area contributed by atoms with Gasteiger partial charge in [0.05, 0.1) is 0 Å². The van der Waals surface area contributed by atoms with Crippen molar-refractivity contribution < 1.29 is 0 Å². The van der Waals surface area contributed by atoms with Gasteiger partial charge in [-0.25, -0.2) is 0 Å². The number of halogens is 1. The second kappa shape index (κ2) is 10.9. The zero-order chi connectivity index (χ0) is 11.5. The van der Waals surface area contributed by atoms with Crippen molar-refractivity contribution in [3.05, 3.63) is 0 Å². The first kappa shape index (κ1) is 14.8. The highest BCUT2D eigenvalue weighted by Gasteiger charge is 2.04. The summed E-state index contributed by atoms with van der Waals surface area (Å²) in [4.78, 5) is 0. The molecule has 0 nitrogen and oxygen atoms in total. The lowest BCUT2D eigenvalue weighted by Gasteiger charge is -2.09. The minimum absolute atomic E-state index is 0.961. The normalized spacial score (nSPS) is 24.6. The summed E-state index contributed by atoms with van der Waals surface area (Å²) >= 11 is 2.68. The van der Waals surface area contributed by atoms with Crippen molar-refractivity contribution in [2.45, 2.75) is 93.8 Å². The van der Waals surface area contributed by atoms with Gasteiger partial charge in [-0.3, -0.25) is 0 Å². The summed E-state index contributed by atoms with van der Waals surface area (Å²) in [5, 5.41) is 0. The quantitative estimate of drug-likeness (QED) is 0.361. The Kier molecular flexibility index (Phi) is 10.0. The van der Waals surface area contributed by atoms with Crippen LogP contribution in [0.4, 0.5) is 0 Å². The smallest absolute Gasteiger partial charge is 0.0110 e. The van der Waals surface area contributed by atoms with Gasteiger partial charge in [0.15, 0.2) is 0 Å². The number of hydrogen-bond donors (Lipinski definition) is 0. The van der Waals surface area contributed by atoms with Crippen LogP contribution in [0.15, 0.2) is 0 Å². The minimum Gasteiger partial charge on any atom is -0.0826 e. The van der Waals surface area contributed by atoms with Gasteiger partial charge in [-0.15, -0.1) is 0 Å². The van der Waals surface area contributed by atoms with E-state index >= 15 is 0 Å². The third-order valence-electron chi connectivity index (χ3n) is 3.78. The van der Waals surface area contributed by atoms with Gasteiger partial charge in [0.2, 0.25) is 0 Å². The molecule has 1 fully saturated rings. The molecule has 0 amide bonds. The Morgan fingerprint density at radius 2 is 0.688 bits per heavy atom. The van der Waals surface area contributed by atoms with Crippen molar-refractivity contribution in [1.29, 1.82) is 0 Å². The summed E-state index contributed by atoms with van der Waals surface area (Å²) in [5.41, 5.74) is 0. The second-order valence-corrected chi connectivity index (χ2v) is 7.18. The van der Waals surface area contributed by atoms with Crippen LogP contribution < -0.4 is 0 Å². The first-order valence-electron chi connectivity index (χ1n) is 7.53. The van der Waals surface area contributed by atoms with E-state index in [0.717, 1.165) is 3.92 Å². The first-order valence-corrected chi connectivity index (χ1v) is 8.78. The van der Waals surface area contributed by atoms with Crippen molar-refractivity contribution in [3.8, 4) is 0 Å². The molecule has 1 aliphatic carbocycles. The molecular formula is C15H29I. The molecule has 0 saturated heterocycles. The summed E-state index contributed by atoms with van der Waals surface area (Å²) in [6.45, 7) is 0. The Morgan fingerprint density at radius 3 is 1.00 bits per heavy atom. The van der Waals surface area contributed by atoms with Crippen LogP contribution in [0.5, 0.6) is 0 Å². The number of rotatable bonds is 0. The van der Waals surface area contributed by atoms with Gasteiger partial charge in [0.25, 0.3) is 0 Å². The van der Waals surface area contributed by atoms with Gasteiger partial charge in [-0.2, -0.15) is 0 Å². The summed E-state index contributed by atoms with van der Waals surface area (Å²) < 4.78 is 0.961. The molecule has 0 aromatic carbocycles. The predicted molar refractivity (Wildman–Crippen MR) is 82.4 cm³/mol. The van der Waals surface area contributed by atoms with Crippen LogP contribution >= 0.6 is 22.6 Å². The maximum Gasteiger partial charge on any atom is 0.0110 e. The van der Waals surface area contributed by atoms with Gasteiger partial charge >= 0.3 is 0 Å².